The molecule has 4 nitrogen and oxygen atoms in total. The van der Waals surface area contributed by atoms with E-state index >= 15 is 0 Å². The number of carbonyl (C=O) groups excluding carboxylic acids is 2. The maximum absolute atomic E-state index is 12.9. The van der Waals surface area contributed by atoms with E-state index in [1.807, 2.05) is 17.5 Å². The topological polar surface area (TPSA) is 49.4 Å². The lowest BCUT2D eigenvalue weighted by Gasteiger charge is -2.31. The van der Waals surface area contributed by atoms with Gasteiger partial charge in [-0.05, 0) is 61.6 Å². The van der Waals surface area contributed by atoms with Crippen molar-refractivity contribution >= 4 is 23.0 Å². The van der Waals surface area contributed by atoms with Crippen LogP contribution in [0.5, 0.6) is 0 Å². The lowest BCUT2D eigenvalue weighted by Crippen LogP contribution is -2.40. The van der Waals surface area contributed by atoms with Crippen LogP contribution in [0.25, 0.3) is 0 Å². The van der Waals surface area contributed by atoms with Gasteiger partial charge in [-0.2, -0.15) is 0 Å². The summed E-state index contributed by atoms with van der Waals surface area (Å²) in [6, 6.07) is 9.33. The molecule has 0 saturated carbocycles. The van der Waals surface area contributed by atoms with E-state index in [-0.39, 0.29) is 23.4 Å². The Bertz CT molecular complexity index is 708. The number of benzene rings is 1. The molecule has 1 amide bonds. The molecule has 0 aliphatic carbocycles. The van der Waals surface area contributed by atoms with Gasteiger partial charge in [0.15, 0.2) is 5.78 Å². The average Bonchev–Trinajstić information content (AvgIpc) is 3.17. The number of likely N-dealkylation sites (tertiary alicyclic amines) is 1. The van der Waals surface area contributed by atoms with E-state index < -0.39 is 0 Å². The number of nitrogens with zero attached hydrogens (tertiary/aromatic N) is 1. The Balaban J connectivity index is 1.38. The summed E-state index contributed by atoms with van der Waals surface area (Å²) in [5.74, 6) is -0.165. The monoisotopic (exact) mass is 360 g/mol. The largest absolute Gasteiger partial charge is 0.351 e. The van der Waals surface area contributed by atoms with Crippen molar-refractivity contribution in [1.29, 1.82) is 0 Å². The number of nitrogens with one attached hydrogen (secondary N) is 1. The summed E-state index contributed by atoms with van der Waals surface area (Å²) in [5, 5.41) is 4.79. The van der Waals surface area contributed by atoms with Gasteiger partial charge in [-0.25, -0.2) is 4.39 Å². The van der Waals surface area contributed by atoms with Crippen molar-refractivity contribution in [3.63, 3.8) is 0 Å². The number of ketones is 1. The van der Waals surface area contributed by atoms with Crippen molar-refractivity contribution in [3.8, 4) is 0 Å². The van der Waals surface area contributed by atoms with Crippen LogP contribution in [0.4, 0.5) is 4.39 Å². The van der Waals surface area contributed by atoms with E-state index in [9.17, 15) is 14.0 Å². The minimum atomic E-state index is -0.350. The van der Waals surface area contributed by atoms with Crippen molar-refractivity contribution in [1.82, 2.24) is 10.2 Å². The second-order valence-electron chi connectivity index (χ2n) is 6.22. The van der Waals surface area contributed by atoms with E-state index in [0.29, 0.717) is 12.1 Å². The van der Waals surface area contributed by atoms with Crippen molar-refractivity contribution in [3.05, 3.63) is 58.0 Å². The third-order valence-electron chi connectivity index (χ3n) is 4.54. The van der Waals surface area contributed by atoms with Gasteiger partial charge in [-0.3, -0.25) is 9.59 Å². The Kier molecular flexibility index (Phi) is 5.94. The van der Waals surface area contributed by atoms with E-state index in [0.717, 1.165) is 37.4 Å². The molecule has 2 aromatic rings. The molecule has 0 radical (unpaired) electrons. The molecule has 1 N–H and O–H groups in total. The Morgan fingerprint density at radius 2 is 1.88 bits per heavy atom. The Labute approximate surface area is 150 Å². The first-order valence-corrected chi connectivity index (χ1v) is 9.35. The molecule has 25 heavy (non-hydrogen) atoms. The second-order valence-corrected chi connectivity index (χ2v) is 7.17. The van der Waals surface area contributed by atoms with Crippen LogP contribution in [-0.2, 0) is 0 Å². The summed E-state index contributed by atoms with van der Waals surface area (Å²) in [6.45, 7) is 3.04. The number of rotatable bonds is 6. The van der Waals surface area contributed by atoms with E-state index in [2.05, 4.69) is 10.2 Å². The number of thiophene rings is 1. The quantitative estimate of drug-likeness (QED) is 0.805. The lowest BCUT2D eigenvalue weighted by molar-refractivity contribution is 0.0843. The Morgan fingerprint density at radius 1 is 1.16 bits per heavy atom. The zero-order valence-electron chi connectivity index (χ0n) is 13.9. The number of amides is 1. The zero-order valence-corrected chi connectivity index (χ0v) is 14.7. The highest BCUT2D eigenvalue weighted by Crippen LogP contribution is 2.23. The van der Waals surface area contributed by atoms with Gasteiger partial charge in [0.25, 0.3) is 5.91 Å². The van der Waals surface area contributed by atoms with Crippen LogP contribution in [0.3, 0.4) is 0 Å². The maximum Gasteiger partial charge on any atom is 0.251 e. The fourth-order valence-corrected chi connectivity index (χ4v) is 3.81. The Morgan fingerprint density at radius 3 is 2.52 bits per heavy atom. The van der Waals surface area contributed by atoms with Crippen molar-refractivity contribution in [2.45, 2.75) is 12.8 Å². The summed E-state index contributed by atoms with van der Waals surface area (Å²) in [4.78, 5) is 27.5. The van der Waals surface area contributed by atoms with Gasteiger partial charge in [0.05, 0.1) is 4.88 Å². The molecule has 0 bridgehead atoms. The smallest absolute Gasteiger partial charge is 0.251 e. The van der Waals surface area contributed by atoms with Gasteiger partial charge in [-0.15, -0.1) is 11.3 Å². The maximum atomic E-state index is 12.9. The molecule has 3 rings (SSSR count). The molecule has 1 aliphatic heterocycles. The van der Waals surface area contributed by atoms with Gasteiger partial charge in [0, 0.05) is 24.6 Å². The average molecular weight is 360 g/mol. The molecule has 1 aliphatic rings. The van der Waals surface area contributed by atoms with Crippen molar-refractivity contribution in [2.75, 3.05) is 26.2 Å². The summed E-state index contributed by atoms with van der Waals surface area (Å²) in [7, 11) is 0. The molecule has 1 aromatic heterocycles. The highest BCUT2D eigenvalue weighted by Gasteiger charge is 2.26. The molecule has 0 atom stereocenters. The summed E-state index contributed by atoms with van der Waals surface area (Å²) >= 11 is 1.51. The van der Waals surface area contributed by atoms with Crippen LogP contribution in [0.2, 0.25) is 0 Å². The van der Waals surface area contributed by atoms with Crippen molar-refractivity contribution in [2.24, 2.45) is 5.92 Å². The number of Topliss-reactive ketones (excluding diaryl/α,β-unsaturated/α-hetero) is 1. The number of carbonyl (C=O) groups is 2. The molecule has 132 valence electrons. The first-order chi connectivity index (χ1) is 12.1. The van der Waals surface area contributed by atoms with Crippen LogP contribution in [-0.4, -0.2) is 42.8 Å². The summed E-state index contributed by atoms with van der Waals surface area (Å²) in [6.07, 6.45) is 1.73. The number of hydrogen-bond donors (Lipinski definition) is 1. The molecule has 1 aromatic carbocycles. The fourth-order valence-electron chi connectivity index (χ4n) is 3.07. The Hall–Kier alpha value is -2.05. The van der Waals surface area contributed by atoms with Gasteiger partial charge < -0.3 is 10.2 Å². The number of halogens is 1. The summed E-state index contributed by atoms with van der Waals surface area (Å²) < 4.78 is 12.9. The SMILES string of the molecule is O=C(NCCN1CCC(C(=O)c2cccs2)CC1)c1ccc(F)cc1. The minimum absolute atomic E-state index is 0.115. The molecule has 0 spiro atoms. The standard InChI is InChI=1S/C19H21FN2O2S/c20-16-5-3-15(4-6-16)19(24)21-9-12-22-10-7-14(8-11-22)18(23)17-2-1-13-25-17/h1-6,13-14H,7-12H2,(H,21,24). The molecule has 6 heteroatoms. The van der Waals surface area contributed by atoms with Crippen molar-refractivity contribution < 1.29 is 14.0 Å². The molecule has 0 unspecified atom stereocenters. The van der Waals surface area contributed by atoms with Crippen LogP contribution in [0, 0.1) is 11.7 Å². The third-order valence-corrected chi connectivity index (χ3v) is 5.43. The molecular weight excluding hydrogens is 339 g/mol. The summed E-state index contributed by atoms with van der Waals surface area (Å²) in [5.41, 5.74) is 0.460. The van der Waals surface area contributed by atoms with E-state index in [1.54, 1.807) is 0 Å². The molecule has 1 fully saturated rings. The highest BCUT2D eigenvalue weighted by molar-refractivity contribution is 7.12. The van der Waals surface area contributed by atoms with Crippen LogP contribution in [0.1, 0.15) is 32.9 Å². The van der Waals surface area contributed by atoms with Crippen LogP contribution < -0.4 is 5.32 Å². The number of hydrogen-bond acceptors (Lipinski definition) is 4. The fraction of sp³-hybridized carbons (Fsp3) is 0.368. The first-order valence-electron chi connectivity index (χ1n) is 8.47. The predicted molar refractivity (Wildman–Crippen MR) is 96.5 cm³/mol. The second kappa shape index (κ2) is 8.36. The third kappa shape index (κ3) is 4.74. The minimum Gasteiger partial charge on any atom is -0.351 e. The van der Waals surface area contributed by atoms with Gasteiger partial charge in [0.2, 0.25) is 0 Å². The van der Waals surface area contributed by atoms with Gasteiger partial charge in [-0.1, -0.05) is 6.07 Å². The first kappa shape index (κ1) is 17.8. The number of piperidine rings is 1. The normalized spacial score (nSPS) is 15.9. The lowest BCUT2D eigenvalue weighted by atomic mass is 9.92. The molecule has 2 heterocycles. The van der Waals surface area contributed by atoms with Gasteiger partial charge >= 0.3 is 0 Å². The van der Waals surface area contributed by atoms with E-state index in [1.165, 1.54) is 35.6 Å². The molecular formula is C19H21FN2O2S. The van der Waals surface area contributed by atoms with Gasteiger partial charge in [0.1, 0.15) is 5.82 Å². The van der Waals surface area contributed by atoms with E-state index in [4.69, 9.17) is 0 Å². The highest BCUT2D eigenvalue weighted by atomic mass is 32.1. The zero-order chi connectivity index (χ0) is 17.6. The van der Waals surface area contributed by atoms with Crippen LogP contribution >= 0.6 is 11.3 Å². The molecule has 1 saturated heterocycles. The predicted octanol–water partition coefficient (Wildman–Crippen LogP) is 3.21. The van der Waals surface area contributed by atoms with Crippen LogP contribution in [0.15, 0.2) is 41.8 Å².